The second-order valence-corrected chi connectivity index (χ2v) is 6.05. The van der Waals surface area contributed by atoms with Crippen LogP contribution >= 0.6 is 23.2 Å². The molecule has 0 bridgehead atoms. The van der Waals surface area contributed by atoms with Gasteiger partial charge in [-0.1, -0.05) is 36.2 Å². The van der Waals surface area contributed by atoms with E-state index >= 15 is 0 Å². The summed E-state index contributed by atoms with van der Waals surface area (Å²) in [5.41, 5.74) is 3.55. The van der Waals surface area contributed by atoms with Gasteiger partial charge in [0.25, 0.3) is 5.91 Å². The number of nitrogens with zero attached hydrogens (tertiary/aromatic N) is 1. The van der Waals surface area contributed by atoms with Gasteiger partial charge in [0.1, 0.15) is 0 Å². The SMILES string of the molecule is CCc1ccc(C)[n+](CC(=O)Nc2c(Cl)ccc(C)c2Cl)c1. The van der Waals surface area contributed by atoms with Crippen LogP contribution in [-0.2, 0) is 17.8 Å². The van der Waals surface area contributed by atoms with Crippen LogP contribution < -0.4 is 9.88 Å². The van der Waals surface area contributed by atoms with E-state index in [0.29, 0.717) is 15.7 Å². The van der Waals surface area contributed by atoms with Crippen LogP contribution in [0.3, 0.4) is 0 Å². The van der Waals surface area contributed by atoms with Crippen molar-refractivity contribution in [2.75, 3.05) is 5.32 Å². The maximum absolute atomic E-state index is 12.3. The van der Waals surface area contributed by atoms with Gasteiger partial charge < -0.3 is 5.32 Å². The van der Waals surface area contributed by atoms with Crippen LogP contribution in [0.15, 0.2) is 30.5 Å². The number of aromatic nitrogens is 1. The molecular weight excluding hydrogens is 319 g/mol. The minimum atomic E-state index is -0.157. The fourth-order valence-electron chi connectivity index (χ4n) is 2.15. The van der Waals surface area contributed by atoms with Crippen molar-refractivity contribution < 1.29 is 9.36 Å². The molecule has 0 spiro atoms. The van der Waals surface area contributed by atoms with Crippen LogP contribution in [0.5, 0.6) is 0 Å². The minimum Gasteiger partial charge on any atom is -0.318 e. The summed E-state index contributed by atoms with van der Waals surface area (Å²) < 4.78 is 1.92. The van der Waals surface area contributed by atoms with Gasteiger partial charge in [-0.05, 0) is 31.0 Å². The van der Waals surface area contributed by atoms with E-state index in [0.717, 1.165) is 17.7 Å². The predicted molar refractivity (Wildman–Crippen MR) is 90.6 cm³/mol. The number of anilines is 1. The maximum atomic E-state index is 12.3. The second-order valence-electron chi connectivity index (χ2n) is 5.26. The van der Waals surface area contributed by atoms with E-state index in [1.54, 1.807) is 6.07 Å². The van der Waals surface area contributed by atoms with Gasteiger partial charge >= 0.3 is 0 Å². The van der Waals surface area contributed by atoms with E-state index in [-0.39, 0.29) is 12.5 Å². The first-order valence-electron chi connectivity index (χ1n) is 7.15. The number of rotatable bonds is 4. The number of amides is 1. The lowest BCUT2D eigenvalue weighted by Gasteiger charge is -2.10. The number of halogens is 2. The monoisotopic (exact) mass is 337 g/mol. The zero-order valence-corrected chi connectivity index (χ0v) is 14.4. The van der Waals surface area contributed by atoms with Crippen LogP contribution in [-0.4, -0.2) is 5.91 Å². The fraction of sp³-hybridized carbons (Fsp3) is 0.294. The maximum Gasteiger partial charge on any atom is 0.290 e. The first kappa shape index (κ1) is 16.8. The molecule has 0 fully saturated rings. The molecule has 0 radical (unpaired) electrons. The van der Waals surface area contributed by atoms with Gasteiger partial charge in [0.2, 0.25) is 6.54 Å². The average molecular weight is 338 g/mol. The van der Waals surface area contributed by atoms with Crippen molar-refractivity contribution in [3.05, 3.63) is 57.3 Å². The quantitative estimate of drug-likeness (QED) is 0.837. The van der Waals surface area contributed by atoms with Crippen LogP contribution in [0.1, 0.15) is 23.7 Å². The molecule has 5 heteroatoms. The Kier molecular flexibility index (Phi) is 5.43. The topological polar surface area (TPSA) is 33.0 Å². The highest BCUT2D eigenvalue weighted by molar-refractivity contribution is 6.40. The largest absolute Gasteiger partial charge is 0.318 e. The normalized spacial score (nSPS) is 10.6. The van der Waals surface area contributed by atoms with Crippen molar-refractivity contribution in [2.45, 2.75) is 33.7 Å². The van der Waals surface area contributed by atoms with Crippen LogP contribution in [0.25, 0.3) is 0 Å². The Labute approximate surface area is 140 Å². The van der Waals surface area contributed by atoms with Gasteiger partial charge in [-0.3, -0.25) is 4.79 Å². The van der Waals surface area contributed by atoms with Crippen molar-refractivity contribution in [3.8, 4) is 0 Å². The number of carbonyl (C=O) groups excluding carboxylic acids is 1. The third kappa shape index (κ3) is 3.79. The van der Waals surface area contributed by atoms with Crippen LogP contribution in [0, 0.1) is 13.8 Å². The summed E-state index contributed by atoms with van der Waals surface area (Å²) in [5, 5.41) is 3.72. The summed E-state index contributed by atoms with van der Waals surface area (Å²) in [7, 11) is 0. The van der Waals surface area contributed by atoms with E-state index in [1.165, 1.54) is 5.56 Å². The van der Waals surface area contributed by atoms with Crippen LogP contribution in [0.4, 0.5) is 5.69 Å². The summed E-state index contributed by atoms with van der Waals surface area (Å²) in [6.45, 7) is 6.15. The molecule has 0 unspecified atom stereocenters. The minimum absolute atomic E-state index is 0.157. The molecule has 2 aromatic rings. The molecule has 0 saturated carbocycles. The summed E-state index contributed by atoms with van der Waals surface area (Å²) in [6.07, 6.45) is 2.92. The molecule has 2 rings (SSSR count). The molecular formula is C17H19Cl2N2O+. The zero-order valence-electron chi connectivity index (χ0n) is 12.9. The lowest BCUT2D eigenvalue weighted by atomic mass is 10.2. The molecule has 0 aliphatic carbocycles. The number of hydrogen-bond acceptors (Lipinski definition) is 1. The number of carbonyl (C=O) groups is 1. The highest BCUT2D eigenvalue weighted by Crippen LogP contribution is 2.32. The number of aryl methyl sites for hydroxylation is 3. The predicted octanol–water partition coefficient (Wildman–Crippen LogP) is 4.10. The van der Waals surface area contributed by atoms with Gasteiger partial charge in [0, 0.05) is 18.6 Å². The summed E-state index contributed by atoms with van der Waals surface area (Å²) in [5.74, 6) is -0.157. The van der Waals surface area contributed by atoms with E-state index in [9.17, 15) is 4.79 Å². The number of benzene rings is 1. The first-order valence-corrected chi connectivity index (χ1v) is 7.91. The highest BCUT2D eigenvalue weighted by Gasteiger charge is 2.17. The Morgan fingerprint density at radius 1 is 1.18 bits per heavy atom. The summed E-state index contributed by atoms with van der Waals surface area (Å²) in [6, 6.07) is 7.63. The molecule has 0 aliphatic rings. The highest BCUT2D eigenvalue weighted by atomic mass is 35.5. The molecule has 1 N–H and O–H groups in total. The van der Waals surface area contributed by atoms with Crippen molar-refractivity contribution in [2.24, 2.45) is 0 Å². The van der Waals surface area contributed by atoms with Gasteiger partial charge in [0.15, 0.2) is 11.9 Å². The van der Waals surface area contributed by atoms with E-state index in [2.05, 4.69) is 18.3 Å². The molecule has 1 aromatic carbocycles. The summed E-state index contributed by atoms with van der Waals surface area (Å²) >= 11 is 12.3. The fourth-order valence-corrected chi connectivity index (χ4v) is 2.62. The molecule has 0 atom stereocenters. The molecule has 1 amide bonds. The number of hydrogen-bond donors (Lipinski definition) is 1. The molecule has 0 aliphatic heterocycles. The lowest BCUT2D eigenvalue weighted by molar-refractivity contribution is -0.690. The Morgan fingerprint density at radius 2 is 1.91 bits per heavy atom. The zero-order chi connectivity index (χ0) is 16.3. The van der Waals surface area contributed by atoms with Gasteiger partial charge in [-0.2, -0.15) is 4.57 Å². The van der Waals surface area contributed by atoms with Crippen molar-refractivity contribution in [3.63, 3.8) is 0 Å². The van der Waals surface area contributed by atoms with Gasteiger partial charge in [-0.15, -0.1) is 0 Å². The van der Waals surface area contributed by atoms with Crippen molar-refractivity contribution in [1.29, 1.82) is 0 Å². The second kappa shape index (κ2) is 7.12. The third-order valence-electron chi connectivity index (χ3n) is 3.58. The molecule has 116 valence electrons. The standard InChI is InChI=1S/C17H18Cl2N2O/c1-4-13-7-6-12(3)21(9-13)10-15(22)20-17-14(18)8-5-11(2)16(17)19/h5-9H,4,10H2,1-3H3/p+1. The first-order chi connectivity index (χ1) is 10.4. The molecule has 22 heavy (non-hydrogen) atoms. The van der Waals surface area contributed by atoms with Crippen molar-refractivity contribution in [1.82, 2.24) is 0 Å². The van der Waals surface area contributed by atoms with Crippen LogP contribution in [0.2, 0.25) is 10.0 Å². The smallest absolute Gasteiger partial charge is 0.290 e. The Hall–Kier alpha value is -1.58. The van der Waals surface area contributed by atoms with E-state index in [1.807, 2.05) is 36.7 Å². The Bertz CT molecular complexity index is 714. The van der Waals surface area contributed by atoms with Gasteiger partial charge in [0.05, 0.1) is 15.7 Å². The molecule has 3 nitrogen and oxygen atoms in total. The number of nitrogens with one attached hydrogen (secondary N) is 1. The molecule has 1 aromatic heterocycles. The lowest BCUT2D eigenvalue weighted by Crippen LogP contribution is -2.43. The summed E-state index contributed by atoms with van der Waals surface area (Å²) in [4.78, 5) is 12.3. The average Bonchev–Trinajstić information content (AvgIpc) is 2.50. The van der Waals surface area contributed by atoms with E-state index < -0.39 is 0 Å². The molecule has 0 saturated heterocycles. The third-order valence-corrected chi connectivity index (χ3v) is 4.39. The Morgan fingerprint density at radius 3 is 2.59 bits per heavy atom. The van der Waals surface area contributed by atoms with Crippen molar-refractivity contribution >= 4 is 34.8 Å². The Balaban J connectivity index is 2.19. The van der Waals surface area contributed by atoms with E-state index in [4.69, 9.17) is 23.2 Å². The molecule has 1 heterocycles. The number of pyridine rings is 1. The van der Waals surface area contributed by atoms with Gasteiger partial charge in [-0.25, -0.2) is 0 Å².